The maximum absolute atomic E-state index is 5.26. The molecule has 2 heterocycles. The van der Waals surface area contributed by atoms with E-state index < -0.39 is 0 Å². The molecule has 0 aromatic heterocycles. The van der Waals surface area contributed by atoms with Crippen LogP contribution < -0.4 is 10.1 Å². The highest BCUT2D eigenvalue weighted by molar-refractivity contribution is 5.80. The van der Waals surface area contributed by atoms with Crippen LogP contribution in [0.3, 0.4) is 0 Å². The van der Waals surface area contributed by atoms with Gasteiger partial charge in [0.1, 0.15) is 5.75 Å². The zero-order valence-corrected chi connectivity index (χ0v) is 15.7. The second-order valence-electron chi connectivity index (χ2n) is 7.08. The Morgan fingerprint density at radius 3 is 2.60 bits per heavy atom. The number of guanidine groups is 1. The molecule has 0 bridgehead atoms. The molecule has 0 radical (unpaired) electrons. The minimum absolute atomic E-state index is 0.576. The van der Waals surface area contributed by atoms with Crippen molar-refractivity contribution >= 4 is 5.96 Å². The monoisotopic (exact) mass is 344 g/mol. The van der Waals surface area contributed by atoms with Crippen LogP contribution in [-0.2, 0) is 0 Å². The Morgan fingerprint density at radius 2 is 1.92 bits per heavy atom. The zero-order valence-electron chi connectivity index (χ0n) is 15.7. The van der Waals surface area contributed by atoms with E-state index in [1.807, 2.05) is 7.05 Å². The maximum atomic E-state index is 5.26. The number of aliphatic imine (C=N–C) groups is 1. The van der Waals surface area contributed by atoms with Gasteiger partial charge in [0, 0.05) is 39.1 Å². The molecule has 3 rings (SSSR count). The first kappa shape index (κ1) is 18.1. The quantitative estimate of drug-likeness (QED) is 0.658. The molecule has 0 saturated carbocycles. The molecule has 25 heavy (non-hydrogen) atoms. The third-order valence-corrected chi connectivity index (χ3v) is 5.45. The molecule has 1 unspecified atom stereocenters. The molecule has 138 valence electrons. The molecule has 2 saturated heterocycles. The van der Waals surface area contributed by atoms with E-state index in [2.05, 4.69) is 44.4 Å². The van der Waals surface area contributed by atoms with E-state index in [1.54, 1.807) is 7.11 Å². The third-order valence-electron chi connectivity index (χ3n) is 5.45. The summed E-state index contributed by atoms with van der Waals surface area (Å²) in [6, 6.07) is 8.51. The molecule has 5 heteroatoms. The van der Waals surface area contributed by atoms with Gasteiger partial charge in [-0.15, -0.1) is 0 Å². The number of hydrogen-bond acceptors (Lipinski definition) is 3. The van der Waals surface area contributed by atoms with E-state index in [9.17, 15) is 0 Å². The smallest absolute Gasteiger partial charge is 0.193 e. The number of likely N-dealkylation sites (tertiary alicyclic amines) is 2. The molecule has 5 nitrogen and oxygen atoms in total. The molecule has 2 fully saturated rings. The molecule has 0 spiro atoms. The number of hydrogen-bond donors (Lipinski definition) is 1. The minimum atomic E-state index is 0.576. The van der Waals surface area contributed by atoms with Gasteiger partial charge >= 0.3 is 0 Å². The van der Waals surface area contributed by atoms with Gasteiger partial charge in [0.05, 0.1) is 7.11 Å². The fourth-order valence-electron chi connectivity index (χ4n) is 3.94. The Labute approximate surface area is 152 Å². The molecular formula is C20H32N4O. The highest BCUT2D eigenvalue weighted by Gasteiger charge is 2.26. The molecule has 1 N–H and O–H groups in total. The number of nitrogens with zero attached hydrogens (tertiary/aromatic N) is 3. The largest absolute Gasteiger partial charge is 0.497 e. The summed E-state index contributed by atoms with van der Waals surface area (Å²) in [6.07, 6.45) is 5.28. The Kier molecular flexibility index (Phi) is 6.56. The van der Waals surface area contributed by atoms with Gasteiger partial charge in [0.2, 0.25) is 0 Å². The van der Waals surface area contributed by atoms with E-state index >= 15 is 0 Å². The summed E-state index contributed by atoms with van der Waals surface area (Å²) >= 11 is 0. The van der Waals surface area contributed by atoms with Crippen molar-refractivity contribution in [2.24, 2.45) is 4.99 Å². The number of methoxy groups -OCH3 is 1. The average molecular weight is 345 g/mol. The van der Waals surface area contributed by atoms with Crippen molar-refractivity contribution in [2.45, 2.75) is 31.6 Å². The van der Waals surface area contributed by atoms with Gasteiger partial charge in [-0.25, -0.2) is 0 Å². The lowest BCUT2D eigenvalue weighted by Gasteiger charge is -2.28. The molecule has 1 atom stereocenters. The van der Waals surface area contributed by atoms with Crippen LogP contribution in [0.25, 0.3) is 0 Å². The highest BCUT2D eigenvalue weighted by Crippen LogP contribution is 2.28. The lowest BCUT2D eigenvalue weighted by molar-refractivity contribution is 0.231. The zero-order chi connectivity index (χ0) is 17.5. The summed E-state index contributed by atoms with van der Waals surface area (Å²) in [7, 11) is 3.61. The van der Waals surface area contributed by atoms with Crippen LogP contribution in [0, 0.1) is 0 Å². The molecule has 0 aliphatic carbocycles. The third kappa shape index (κ3) is 4.88. The second kappa shape index (κ2) is 9.09. The summed E-state index contributed by atoms with van der Waals surface area (Å²) in [5.41, 5.74) is 1.40. The average Bonchev–Trinajstić information content (AvgIpc) is 3.16. The number of piperidine rings is 1. The number of rotatable bonds is 5. The number of benzene rings is 1. The van der Waals surface area contributed by atoms with Crippen LogP contribution in [0.15, 0.2) is 29.3 Å². The summed E-state index contributed by atoms with van der Waals surface area (Å²) in [5, 5.41) is 3.56. The molecule has 2 aliphatic heterocycles. The van der Waals surface area contributed by atoms with Crippen molar-refractivity contribution in [2.75, 3.05) is 53.4 Å². The second-order valence-corrected chi connectivity index (χ2v) is 7.08. The van der Waals surface area contributed by atoms with E-state index in [-0.39, 0.29) is 0 Å². The van der Waals surface area contributed by atoms with Crippen molar-refractivity contribution in [3.05, 3.63) is 29.8 Å². The van der Waals surface area contributed by atoms with Crippen LogP contribution in [0.1, 0.15) is 37.2 Å². The lowest BCUT2D eigenvalue weighted by Crippen LogP contribution is -2.44. The van der Waals surface area contributed by atoms with Crippen molar-refractivity contribution in [1.29, 1.82) is 0 Å². The SMILES string of the molecule is CN=C(NCCN1CCCCC1)N1CCC(c2ccc(OC)cc2)C1. The predicted molar refractivity (Wildman–Crippen MR) is 104 cm³/mol. The Bertz CT molecular complexity index is 551. The molecular weight excluding hydrogens is 312 g/mol. The van der Waals surface area contributed by atoms with Crippen LogP contribution in [0.5, 0.6) is 5.75 Å². The Hall–Kier alpha value is -1.75. The first-order valence-electron chi connectivity index (χ1n) is 9.62. The Balaban J connectivity index is 1.47. The van der Waals surface area contributed by atoms with Gasteiger partial charge in [-0.05, 0) is 50.0 Å². The topological polar surface area (TPSA) is 40.1 Å². The van der Waals surface area contributed by atoms with Crippen molar-refractivity contribution in [3.8, 4) is 5.75 Å². The summed E-state index contributed by atoms with van der Waals surface area (Å²) in [4.78, 5) is 9.46. The van der Waals surface area contributed by atoms with Crippen LogP contribution >= 0.6 is 0 Å². The van der Waals surface area contributed by atoms with E-state index in [0.717, 1.165) is 37.9 Å². The van der Waals surface area contributed by atoms with Crippen LogP contribution in [0.2, 0.25) is 0 Å². The fourth-order valence-corrected chi connectivity index (χ4v) is 3.94. The first-order valence-corrected chi connectivity index (χ1v) is 9.62. The van der Waals surface area contributed by atoms with Gasteiger partial charge < -0.3 is 19.9 Å². The van der Waals surface area contributed by atoms with Crippen LogP contribution in [0.4, 0.5) is 0 Å². The van der Waals surface area contributed by atoms with Gasteiger partial charge in [-0.2, -0.15) is 0 Å². The van der Waals surface area contributed by atoms with Crippen LogP contribution in [-0.4, -0.2) is 69.2 Å². The van der Waals surface area contributed by atoms with Gasteiger partial charge in [-0.1, -0.05) is 18.6 Å². The summed E-state index contributed by atoms with van der Waals surface area (Å²) in [5.74, 6) is 2.55. The molecule has 1 aromatic rings. The first-order chi connectivity index (χ1) is 12.3. The fraction of sp³-hybridized carbons (Fsp3) is 0.650. The predicted octanol–water partition coefficient (Wildman–Crippen LogP) is 2.55. The number of ether oxygens (including phenoxy) is 1. The summed E-state index contributed by atoms with van der Waals surface area (Å²) < 4.78 is 5.26. The van der Waals surface area contributed by atoms with E-state index in [1.165, 1.54) is 44.3 Å². The van der Waals surface area contributed by atoms with E-state index in [0.29, 0.717) is 5.92 Å². The number of nitrogens with one attached hydrogen (secondary N) is 1. The maximum Gasteiger partial charge on any atom is 0.193 e. The summed E-state index contributed by atoms with van der Waals surface area (Å²) in [6.45, 7) is 6.72. The standard InChI is InChI=1S/C20H32N4O/c1-21-20(22-11-15-23-12-4-3-5-13-23)24-14-10-18(16-24)17-6-8-19(25-2)9-7-17/h6-9,18H,3-5,10-16H2,1-2H3,(H,21,22). The Morgan fingerprint density at radius 1 is 1.16 bits per heavy atom. The van der Waals surface area contributed by atoms with Gasteiger partial charge in [0.25, 0.3) is 0 Å². The van der Waals surface area contributed by atoms with Crippen molar-refractivity contribution in [3.63, 3.8) is 0 Å². The molecule has 0 amide bonds. The van der Waals surface area contributed by atoms with Gasteiger partial charge in [0.15, 0.2) is 5.96 Å². The lowest BCUT2D eigenvalue weighted by atomic mass is 9.98. The normalized spacial score (nSPS) is 22.2. The van der Waals surface area contributed by atoms with Crippen molar-refractivity contribution < 1.29 is 4.74 Å². The molecule has 2 aliphatic rings. The molecule has 1 aromatic carbocycles. The highest BCUT2D eigenvalue weighted by atomic mass is 16.5. The van der Waals surface area contributed by atoms with E-state index in [4.69, 9.17) is 4.74 Å². The van der Waals surface area contributed by atoms with Crippen molar-refractivity contribution in [1.82, 2.24) is 15.1 Å². The van der Waals surface area contributed by atoms with Gasteiger partial charge in [-0.3, -0.25) is 4.99 Å². The minimum Gasteiger partial charge on any atom is -0.497 e.